The van der Waals surface area contributed by atoms with E-state index in [0.29, 0.717) is 25.7 Å². The Balaban J connectivity index is 5.27. The van der Waals surface area contributed by atoms with Crippen LogP contribution in [0.1, 0.15) is 38.5 Å². The van der Waals surface area contributed by atoms with E-state index in [4.69, 9.17) is 9.47 Å². The monoisotopic (exact) mass is 376 g/mol. The lowest BCUT2D eigenvalue weighted by atomic mass is 9.79. The highest BCUT2D eigenvalue weighted by atomic mass is 16.5. The average Bonchev–Trinajstić information content (AvgIpc) is 2.69. The van der Waals surface area contributed by atoms with Crippen LogP contribution in [0.25, 0.3) is 0 Å². The number of ketones is 2. The first-order chi connectivity index (χ1) is 12.8. The SMILES string of the molecule is C=CC(=O)CCCC(CCCC(=O)C=C)(COC(=O)C=C)COC(=O)C=C. The van der Waals surface area contributed by atoms with Crippen LogP contribution in [-0.2, 0) is 28.7 Å². The van der Waals surface area contributed by atoms with Gasteiger partial charge in [-0.05, 0) is 37.8 Å². The zero-order valence-corrected chi connectivity index (χ0v) is 15.7. The molecule has 0 atom stereocenters. The summed E-state index contributed by atoms with van der Waals surface area (Å²) >= 11 is 0. The van der Waals surface area contributed by atoms with Crippen LogP contribution >= 0.6 is 0 Å². The van der Waals surface area contributed by atoms with Crippen LogP contribution in [0.15, 0.2) is 50.6 Å². The van der Waals surface area contributed by atoms with Gasteiger partial charge < -0.3 is 9.47 Å². The Hall–Kier alpha value is -2.76. The third-order valence-corrected chi connectivity index (χ3v) is 4.09. The van der Waals surface area contributed by atoms with Gasteiger partial charge in [0.2, 0.25) is 0 Å². The van der Waals surface area contributed by atoms with Crippen LogP contribution in [0.2, 0.25) is 0 Å². The van der Waals surface area contributed by atoms with E-state index in [9.17, 15) is 19.2 Å². The lowest BCUT2D eigenvalue weighted by molar-refractivity contribution is -0.149. The van der Waals surface area contributed by atoms with E-state index in [1.54, 1.807) is 0 Å². The largest absolute Gasteiger partial charge is 0.462 e. The summed E-state index contributed by atoms with van der Waals surface area (Å²) in [4.78, 5) is 46.0. The predicted molar refractivity (Wildman–Crippen MR) is 103 cm³/mol. The Kier molecular flexibility index (Phi) is 12.1. The number of esters is 2. The zero-order chi connectivity index (χ0) is 20.7. The molecule has 0 spiro atoms. The van der Waals surface area contributed by atoms with Crippen molar-refractivity contribution < 1.29 is 28.7 Å². The van der Waals surface area contributed by atoms with E-state index >= 15 is 0 Å². The van der Waals surface area contributed by atoms with E-state index in [0.717, 1.165) is 12.2 Å². The van der Waals surface area contributed by atoms with Gasteiger partial charge in [-0.1, -0.05) is 26.3 Å². The van der Waals surface area contributed by atoms with Gasteiger partial charge >= 0.3 is 11.9 Å². The van der Waals surface area contributed by atoms with Crippen LogP contribution in [0.4, 0.5) is 0 Å². The van der Waals surface area contributed by atoms with Crippen LogP contribution < -0.4 is 0 Å². The van der Waals surface area contributed by atoms with Gasteiger partial charge in [-0.15, -0.1) is 0 Å². The van der Waals surface area contributed by atoms with Crippen LogP contribution in [0.3, 0.4) is 0 Å². The first kappa shape index (κ1) is 24.2. The topological polar surface area (TPSA) is 86.7 Å². The summed E-state index contributed by atoms with van der Waals surface area (Å²) in [5.74, 6) is -1.40. The Morgan fingerprint density at radius 3 is 1.33 bits per heavy atom. The molecule has 148 valence electrons. The molecule has 0 aliphatic heterocycles. The van der Waals surface area contributed by atoms with E-state index < -0.39 is 17.4 Å². The molecule has 0 aliphatic rings. The Morgan fingerprint density at radius 1 is 0.667 bits per heavy atom. The van der Waals surface area contributed by atoms with Crippen molar-refractivity contribution in [3.05, 3.63) is 50.6 Å². The van der Waals surface area contributed by atoms with Gasteiger partial charge in [0.25, 0.3) is 0 Å². The van der Waals surface area contributed by atoms with Crippen molar-refractivity contribution in [2.45, 2.75) is 38.5 Å². The summed E-state index contributed by atoms with van der Waals surface area (Å²) in [6.45, 7) is 13.5. The predicted octanol–water partition coefficient (Wildman–Crippen LogP) is 3.28. The highest BCUT2D eigenvalue weighted by Crippen LogP contribution is 2.33. The summed E-state index contributed by atoms with van der Waals surface area (Å²) in [6.07, 6.45) is 7.07. The van der Waals surface area contributed by atoms with E-state index in [1.165, 1.54) is 12.2 Å². The molecule has 0 aliphatic carbocycles. The molecule has 0 rings (SSSR count). The van der Waals surface area contributed by atoms with Crippen molar-refractivity contribution in [1.29, 1.82) is 0 Å². The molecule has 0 aromatic rings. The van der Waals surface area contributed by atoms with Crippen LogP contribution in [-0.4, -0.2) is 36.7 Å². The van der Waals surface area contributed by atoms with Crippen molar-refractivity contribution in [2.75, 3.05) is 13.2 Å². The molecule has 27 heavy (non-hydrogen) atoms. The first-order valence-corrected chi connectivity index (χ1v) is 8.71. The van der Waals surface area contributed by atoms with E-state index in [-0.39, 0.29) is 37.6 Å². The van der Waals surface area contributed by atoms with Crippen LogP contribution in [0, 0.1) is 5.41 Å². The van der Waals surface area contributed by atoms with Gasteiger partial charge in [-0.25, -0.2) is 9.59 Å². The summed E-state index contributed by atoms with van der Waals surface area (Å²) in [5, 5.41) is 0. The third kappa shape index (κ3) is 10.7. The maximum Gasteiger partial charge on any atom is 0.330 e. The number of carbonyl (C=O) groups is 4. The second kappa shape index (κ2) is 13.4. The maximum atomic E-state index is 11.5. The maximum absolute atomic E-state index is 11.5. The highest BCUT2D eigenvalue weighted by molar-refractivity contribution is 5.89. The molecule has 0 N–H and O–H groups in total. The summed E-state index contributed by atoms with van der Waals surface area (Å²) in [5.41, 5.74) is -0.722. The molecule has 0 bridgehead atoms. The van der Waals surface area contributed by atoms with Crippen molar-refractivity contribution >= 4 is 23.5 Å². The van der Waals surface area contributed by atoms with Crippen molar-refractivity contribution in [3.8, 4) is 0 Å². The molecule has 6 nitrogen and oxygen atoms in total. The summed E-state index contributed by atoms with van der Waals surface area (Å²) < 4.78 is 10.4. The fourth-order valence-corrected chi connectivity index (χ4v) is 2.50. The van der Waals surface area contributed by atoms with Gasteiger partial charge in [0.15, 0.2) is 11.6 Å². The van der Waals surface area contributed by atoms with Gasteiger partial charge in [-0.2, -0.15) is 0 Å². The Bertz CT molecular complexity index is 535. The van der Waals surface area contributed by atoms with Gasteiger partial charge in [0, 0.05) is 30.4 Å². The number of hydrogen-bond acceptors (Lipinski definition) is 6. The minimum absolute atomic E-state index is 0.0210. The average molecular weight is 376 g/mol. The van der Waals surface area contributed by atoms with Gasteiger partial charge in [0.05, 0.1) is 0 Å². The fourth-order valence-electron chi connectivity index (χ4n) is 2.50. The quantitative estimate of drug-likeness (QED) is 0.303. The van der Waals surface area contributed by atoms with Gasteiger partial charge in [-0.3, -0.25) is 9.59 Å². The third-order valence-electron chi connectivity index (χ3n) is 4.09. The molecule has 0 saturated carbocycles. The van der Waals surface area contributed by atoms with Crippen molar-refractivity contribution in [3.63, 3.8) is 0 Å². The number of carbonyl (C=O) groups excluding carboxylic acids is 4. The first-order valence-electron chi connectivity index (χ1n) is 8.71. The van der Waals surface area contributed by atoms with E-state index in [1.807, 2.05) is 0 Å². The molecular formula is C21H28O6. The lowest BCUT2D eigenvalue weighted by Gasteiger charge is -2.32. The summed E-state index contributed by atoms with van der Waals surface area (Å²) in [7, 11) is 0. The Morgan fingerprint density at radius 2 is 1.04 bits per heavy atom. The minimum atomic E-state index is -0.722. The van der Waals surface area contributed by atoms with E-state index in [2.05, 4.69) is 26.3 Å². The smallest absolute Gasteiger partial charge is 0.330 e. The number of hydrogen-bond donors (Lipinski definition) is 0. The number of ether oxygens (including phenoxy) is 2. The molecule has 0 unspecified atom stereocenters. The standard InChI is InChI=1S/C21H28O6/c1-5-17(22)11-9-13-21(15-26-19(24)7-3,16-27-20(25)8-4)14-10-12-18(23)6-2/h5-8H,1-4,9-16H2. The van der Waals surface area contributed by atoms with Gasteiger partial charge in [0.1, 0.15) is 13.2 Å². The zero-order valence-electron chi connectivity index (χ0n) is 15.7. The second-order valence-corrected chi connectivity index (χ2v) is 6.17. The molecular weight excluding hydrogens is 348 g/mol. The van der Waals surface area contributed by atoms with Crippen molar-refractivity contribution in [2.24, 2.45) is 5.41 Å². The number of rotatable bonds is 16. The van der Waals surface area contributed by atoms with Crippen molar-refractivity contribution in [1.82, 2.24) is 0 Å². The summed E-state index contributed by atoms with van der Waals surface area (Å²) in [6, 6.07) is 0. The lowest BCUT2D eigenvalue weighted by Crippen LogP contribution is -2.34. The molecule has 0 aromatic heterocycles. The molecule has 6 heteroatoms. The normalized spacial score (nSPS) is 10.4. The molecule has 0 saturated heterocycles. The molecule has 0 aromatic carbocycles. The fraction of sp³-hybridized carbons (Fsp3) is 0.429. The molecule has 0 fully saturated rings. The molecule has 0 radical (unpaired) electrons. The second-order valence-electron chi connectivity index (χ2n) is 6.17. The van der Waals surface area contributed by atoms with Crippen LogP contribution in [0.5, 0.6) is 0 Å². The molecule has 0 heterocycles. The molecule has 0 amide bonds. The Labute approximate surface area is 160 Å². The number of allylic oxidation sites excluding steroid dienone is 2. The highest BCUT2D eigenvalue weighted by Gasteiger charge is 2.33. The minimum Gasteiger partial charge on any atom is -0.462 e.